The molecule has 118 valence electrons. The first kappa shape index (κ1) is 15.3. The van der Waals surface area contributed by atoms with Crippen molar-refractivity contribution in [3.63, 3.8) is 0 Å². The van der Waals surface area contributed by atoms with Crippen LogP contribution in [0.2, 0.25) is 0 Å². The molecule has 1 aromatic rings. The molecule has 0 bridgehead atoms. The average molecular weight is 298 g/mol. The highest BCUT2D eigenvalue weighted by atomic mass is 16.2. The highest BCUT2D eigenvalue weighted by Crippen LogP contribution is 2.24. The van der Waals surface area contributed by atoms with E-state index in [-0.39, 0.29) is 5.91 Å². The molecule has 2 heterocycles. The molecule has 0 aromatic heterocycles. The number of likely N-dealkylation sites (tertiary alicyclic amines) is 1. The van der Waals surface area contributed by atoms with Crippen LogP contribution < -0.4 is 5.32 Å². The Labute approximate surface area is 133 Å². The monoisotopic (exact) mass is 298 g/mol. The lowest BCUT2D eigenvalue weighted by molar-refractivity contribution is -0.128. The molecule has 0 spiro atoms. The lowest BCUT2D eigenvalue weighted by Gasteiger charge is -2.38. The maximum atomic E-state index is 12.4. The van der Waals surface area contributed by atoms with Gasteiger partial charge in [0.05, 0.1) is 0 Å². The molecule has 3 heteroatoms. The minimum atomic E-state index is 0.157. The number of carbonyl (C=O) groups excluding carboxylic acids is 1. The van der Waals surface area contributed by atoms with E-state index in [0.29, 0.717) is 12.0 Å². The van der Waals surface area contributed by atoms with E-state index in [9.17, 15) is 4.79 Å². The third kappa shape index (κ3) is 3.98. The molecule has 2 saturated heterocycles. The van der Waals surface area contributed by atoms with Gasteiger partial charge in [0.25, 0.3) is 0 Å². The van der Waals surface area contributed by atoms with Gasteiger partial charge in [0.1, 0.15) is 0 Å². The largest absolute Gasteiger partial charge is 0.339 e. The second-order valence-electron chi connectivity index (χ2n) is 6.49. The number of hydrogen-bond acceptors (Lipinski definition) is 2. The number of nitrogens with one attached hydrogen (secondary N) is 1. The molecule has 0 aliphatic carbocycles. The van der Waals surface area contributed by atoms with Crippen LogP contribution >= 0.6 is 0 Å². The quantitative estimate of drug-likeness (QED) is 0.870. The van der Waals surface area contributed by atoms with E-state index in [1.54, 1.807) is 6.08 Å². The highest BCUT2D eigenvalue weighted by Gasteiger charge is 2.29. The molecule has 2 aliphatic rings. The maximum Gasteiger partial charge on any atom is 0.246 e. The summed E-state index contributed by atoms with van der Waals surface area (Å²) in [5.74, 6) is 0.785. The van der Waals surface area contributed by atoms with Gasteiger partial charge in [-0.1, -0.05) is 36.8 Å². The lowest BCUT2D eigenvalue weighted by Crippen LogP contribution is -2.48. The minimum Gasteiger partial charge on any atom is -0.339 e. The third-order valence-corrected chi connectivity index (χ3v) is 4.90. The predicted octanol–water partition coefficient (Wildman–Crippen LogP) is 3.08. The first-order valence-corrected chi connectivity index (χ1v) is 8.58. The summed E-state index contributed by atoms with van der Waals surface area (Å²) in [4.78, 5) is 14.5. The van der Waals surface area contributed by atoms with E-state index in [1.807, 2.05) is 41.3 Å². The predicted molar refractivity (Wildman–Crippen MR) is 90.4 cm³/mol. The molecular formula is C19H26N2O. The molecule has 2 aliphatic heterocycles. The van der Waals surface area contributed by atoms with Crippen LogP contribution in [0.5, 0.6) is 0 Å². The molecule has 2 fully saturated rings. The standard InChI is InChI=1S/C19H26N2O/c22-19(12-11-16-7-2-1-3-8-16)21-14-6-9-17(15-21)18-10-4-5-13-20-18/h1-3,7-8,11-12,17-18,20H,4-6,9-10,13-15H2/b12-11-/t17-,18?/m1/s1. The van der Waals surface area contributed by atoms with Crippen molar-refractivity contribution in [3.8, 4) is 0 Å². The molecule has 1 aromatic carbocycles. The van der Waals surface area contributed by atoms with Crippen molar-refractivity contribution in [3.05, 3.63) is 42.0 Å². The lowest BCUT2D eigenvalue weighted by atomic mass is 9.86. The summed E-state index contributed by atoms with van der Waals surface area (Å²) in [5, 5.41) is 3.65. The van der Waals surface area contributed by atoms with Crippen molar-refractivity contribution in [2.45, 2.75) is 38.1 Å². The Hall–Kier alpha value is -1.61. The van der Waals surface area contributed by atoms with Crippen LogP contribution in [0.25, 0.3) is 6.08 Å². The summed E-state index contributed by atoms with van der Waals surface area (Å²) >= 11 is 0. The smallest absolute Gasteiger partial charge is 0.246 e. The number of carbonyl (C=O) groups is 1. The van der Waals surface area contributed by atoms with Crippen molar-refractivity contribution < 1.29 is 4.79 Å². The van der Waals surface area contributed by atoms with Crippen LogP contribution in [0.15, 0.2) is 36.4 Å². The fourth-order valence-electron chi connectivity index (χ4n) is 3.66. The highest BCUT2D eigenvalue weighted by molar-refractivity contribution is 5.91. The minimum absolute atomic E-state index is 0.157. The Morgan fingerprint density at radius 1 is 1.14 bits per heavy atom. The zero-order valence-corrected chi connectivity index (χ0v) is 13.2. The molecular weight excluding hydrogens is 272 g/mol. The number of benzene rings is 1. The van der Waals surface area contributed by atoms with Gasteiger partial charge in [-0.25, -0.2) is 0 Å². The van der Waals surface area contributed by atoms with Crippen molar-refractivity contribution in [1.29, 1.82) is 0 Å². The molecule has 1 unspecified atom stereocenters. The van der Waals surface area contributed by atoms with Gasteiger partial charge >= 0.3 is 0 Å². The molecule has 3 nitrogen and oxygen atoms in total. The molecule has 1 N–H and O–H groups in total. The first-order chi connectivity index (χ1) is 10.8. The van der Waals surface area contributed by atoms with E-state index in [1.165, 1.54) is 25.7 Å². The maximum absolute atomic E-state index is 12.4. The van der Waals surface area contributed by atoms with Crippen molar-refractivity contribution >= 4 is 12.0 Å². The van der Waals surface area contributed by atoms with Crippen LogP contribution in [-0.4, -0.2) is 36.5 Å². The molecule has 2 atom stereocenters. The zero-order valence-electron chi connectivity index (χ0n) is 13.2. The Kier molecular flexibility index (Phi) is 5.28. The zero-order chi connectivity index (χ0) is 15.2. The van der Waals surface area contributed by atoms with E-state index >= 15 is 0 Å². The molecule has 1 amide bonds. The fourth-order valence-corrected chi connectivity index (χ4v) is 3.66. The topological polar surface area (TPSA) is 32.3 Å². The van der Waals surface area contributed by atoms with Crippen molar-refractivity contribution in [1.82, 2.24) is 10.2 Å². The summed E-state index contributed by atoms with van der Waals surface area (Å²) in [6.07, 6.45) is 9.93. The summed E-state index contributed by atoms with van der Waals surface area (Å²) in [5.41, 5.74) is 1.08. The van der Waals surface area contributed by atoms with Crippen molar-refractivity contribution in [2.75, 3.05) is 19.6 Å². The summed E-state index contributed by atoms with van der Waals surface area (Å²) in [7, 11) is 0. The van der Waals surface area contributed by atoms with Crippen LogP contribution in [0.3, 0.4) is 0 Å². The van der Waals surface area contributed by atoms with Crippen LogP contribution in [0, 0.1) is 5.92 Å². The number of piperidine rings is 2. The number of hydrogen-bond donors (Lipinski definition) is 1. The number of rotatable bonds is 3. The van der Waals surface area contributed by atoms with Gasteiger partial charge in [-0.2, -0.15) is 0 Å². The Morgan fingerprint density at radius 2 is 2.00 bits per heavy atom. The SMILES string of the molecule is O=C(/C=C\c1ccccc1)N1CCC[C@@H](C2CCCCN2)C1. The van der Waals surface area contributed by atoms with E-state index in [0.717, 1.165) is 31.6 Å². The van der Waals surface area contributed by atoms with Gasteiger partial charge in [0.15, 0.2) is 0 Å². The summed E-state index contributed by atoms with van der Waals surface area (Å²) in [6.45, 7) is 2.96. The summed E-state index contributed by atoms with van der Waals surface area (Å²) < 4.78 is 0. The van der Waals surface area contributed by atoms with E-state index < -0.39 is 0 Å². The van der Waals surface area contributed by atoms with Gasteiger partial charge in [0.2, 0.25) is 5.91 Å². The van der Waals surface area contributed by atoms with Crippen LogP contribution in [0.4, 0.5) is 0 Å². The number of amides is 1. The van der Waals surface area contributed by atoms with Crippen LogP contribution in [-0.2, 0) is 4.79 Å². The second kappa shape index (κ2) is 7.59. The van der Waals surface area contributed by atoms with E-state index in [4.69, 9.17) is 0 Å². The number of nitrogens with zero attached hydrogens (tertiary/aromatic N) is 1. The van der Waals surface area contributed by atoms with Gasteiger partial charge < -0.3 is 10.2 Å². The first-order valence-electron chi connectivity index (χ1n) is 8.58. The van der Waals surface area contributed by atoms with Gasteiger partial charge in [-0.3, -0.25) is 4.79 Å². The average Bonchev–Trinajstić information content (AvgIpc) is 2.61. The Bertz CT molecular complexity index is 505. The molecule has 0 radical (unpaired) electrons. The normalized spacial score (nSPS) is 26.3. The Balaban J connectivity index is 1.57. The Morgan fingerprint density at radius 3 is 2.77 bits per heavy atom. The van der Waals surface area contributed by atoms with Gasteiger partial charge in [-0.05, 0) is 49.8 Å². The van der Waals surface area contributed by atoms with Gasteiger partial charge in [0, 0.05) is 25.2 Å². The fraction of sp³-hybridized carbons (Fsp3) is 0.526. The third-order valence-electron chi connectivity index (χ3n) is 4.90. The van der Waals surface area contributed by atoms with E-state index in [2.05, 4.69) is 5.32 Å². The second-order valence-corrected chi connectivity index (χ2v) is 6.49. The van der Waals surface area contributed by atoms with Gasteiger partial charge in [-0.15, -0.1) is 0 Å². The van der Waals surface area contributed by atoms with Crippen molar-refractivity contribution in [2.24, 2.45) is 5.92 Å². The molecule has 0 saturated carbocycles. The molecule has 3 rings (SSSR count). The summed E-state index contributed by atoms with van der Waals surface area (Å²) in [6, 6.07) is 10.6. The molecule has 22 heavy (non-hydrogen) atoms. The van der Waals surface area contributed by atoms with Crippen LogP contribution in [0.1, 0.15) is 37.7 Å².